The van der Waals surface area contributed by atoms with Gasteiger partial charge in [-0.3, -0.25) is 0 Å². The Balaban J connectivity index is 2.00. The number of hydrogen-bond donors (Lipinski definition) is 0. The van der Waals surface area contributed by atoms with E-state index in [1.54, 1.807) is 0 Å². The van der Waals surface area contributed by atoms with Crippen LogP contribution in [0.3, 0.4) is 0 Å². The molecule has 0 radical (unpaired) electrons. The van der Waals surface area contributed by atoms with Crippen LogP contribution in [-0.4, -0.2) is 0 Å². The molecule has 0 N–H and O–H groups in total. The van der Waals surface area contributed by atoms with Crippen molar-refractivity contribution in [1.29, 1.82) is 0 Å². The van der Waals surface area contributed by atoms with Crippen LogP contribution in [0.5, 0.6) is 0 Å². The van der Waals surface area contributed by atoms with Crippen LogP contribution in [0.4, 0.5) is 13.2 Å². The number of alkyl halides is 3. The van der Waals surface area contributed by atoms with E-state index in [1.165, 1.54) is 12.1 Å². The molecule has 4 rings (SSSR count). The average Bonchev–Trinajstić information content (AvgIpc) is 2.74. The molecule has 4 heteroatoms. The summed E-state index contributed by atoms with van der Waals surface area (Å²) in [6.45, 7) is 0. The van der Waals surface area contributed by atoms with Crippen LogP contribution in [0, 0.1) is 0 Å². The highest BCUT2D eigenvalue weighted by molar-refractivity contribution is 6.31. The van der Waals surface area contributed by atoms with E-state index in [4.69, 9.17) is 11.6 Å². The molecule has 144 valence electrons. The topological polar surface area (TPSA) is 0 Å². The molecular formula is C25H16ClF3. The van der Waals surface area contributed by atoms with Gasteiger partial charge in [-0.15, -0.1) is 0 Å². The highest BCUT2D eigenvalue weighted by atomic mass is 35.5. The fraction of sp³-hybridized carbons (Fsp3) is 0.0400. The molecule has 0 nitrogen and oxygen atoms in total. The van der Waals surface area contributed by atoms with Crippen LogP contribution in [0.25, 0.3) is 33.4 Å². The molecule has 29 heavy (non-hydrogen) atoms. The fourth-order valence-corrected chi connectivity index (χ4v) is 3.65. The number of halogens is 4. The van der Waals surface area contributed by atoms with Crippen molar-refractivity contribution >= 4 is 11.6 Å². The van der Waals surface area contributed by atoms with Crippen LogP contribution >= 0.6 is 11.6 Å². The third-order valence-electron chi connectivity index (χ3n) is 4.77. The summed E-state index contributed by atoms with van der Waals surface area (Å²) in [7, 11) is 0. The van der Waals surface area contributed by atoms with Gasteiger partial charge in [0, 0.05) is 5.02 Å². The Hall–Kier alpha value is -3.04. The lowest BCUT2D eigenvalue weighted by molar-refractivity contribution is -0.137. The number of hydrogen-bond acceptors (Lipinski definition) is 0. The molecular weight excluding hydrogens is 393 g/mol. The summed E-state index contributed by atoms with van der Waals surface area (Å²) in [5.41, 5.74) is 4.52. The van der Waals surface area contributed by atoms with Gasteiger partial charge in [-0.1, -0.05) is 84.4 Å². The number of benzene rings is 4. The van der Waals surface area contributed by atoms with Crippen molar-refractivity contribution in [1.82, 2.24) is 0 Å². The third kappa shape index (κ3) is 4.06. The van der Waals surface area contributed by atoms with Gasteiger partial charge in [0.2, 0.25) is 0 Å². The van der Waals surface area contributed by atoms with Gasteiger partial charge in [0.15, 0.2) is 0 Å². The van der Waals surface area contributed by atoms with Crippen LogP contribution in [0.1, 0.15) is 5.56 Å². The predicted octanol–water partition coefficient (Wildman–Crippen LogP) is 8.36. The standard InChI is InChI=1S/C25H16ClF3/c26-21-15-22(17-7-3-1-4-8-17)24(23(16-21)18-9-5-2-6-10-18)19-11-13-20(14-12-19)25(27,28)29/h1-16H. The van der Waals surface area contributed by atoms with Crippen molar-refractivity contribution in [3.05, 3.63) is 108 Å². The Bertz CT molecular complexity index is 1060. The first kappa shape index (κ1) is 19.3. The molecule has 0 atom stereocenters. The van der Waals surface area contributed by atoms with Gasteiger partial charge in [0.25, 0.3) is 0 Å². The monoisotopic (exact) mass is 408 g/mol. The second kappa shape index (κ2) is 7.76. The quantitative estimate of drug-likeness (QED) is 0.319. The summed E-state index contributed by atoms with van der Waals surface area (Å²) in [5, 5.41) is 0.568. The lowest BCUT2D eigenvalue weighted by Crippen LogP contribution is -2.04. The Morgan fingerprint density at radius 1 is 0.552 bits per heavy atom. The summed E-state index contributed by atoms with van der Waals surface area (Å²) in [5.74, 6) is 0. The SMILES string of the molecule is FC(F)(F)c1ccc(-c2c(-c3ccccc3)cc(Cl)cc2-c2ccccc2)cc1. The van der Waals surface area contributed by atoms with Crippen molar-refractivity contribution in [2.75, 3.05) is 0 Å². The zero-order valence-corrected chi connectivity index (χ0v) is 16.0. The fourth-order valence-electron chi connectivity index (χ4n) is 3.43. The highest BCUT2D eigenvalue weighted by Crippen LogP contribution is 2.42. The minimum absolute atomic E-state index is 0.568. The molecule has 4 aromatic carbocycles. The molecule has 0 aliphatic rings. The van der Waals surface area contributed by atoms with Gasteiger partial charge in [0.05, 0.1) is 5.56 Å². The van der Waals surface area contributed by atoms with Crippen molar-refractivity contribution in [3.8, 4) is 33.4 Å². The molecule has 0 aliphatic heterocycles. The normalized spacial score (nSPS) is 11.4. The molecule has 0 amide bonds. The minimum atomic E-state index is -4.37. The summed E-state index contributed by atoms with van der Waals surface area (Å²) >= 11 is 6.45. The largest absolute Gasteiger partial charge is 0.416 e. The smallest absolute Gasteiger partial charge is 0.166 e. The van der Waals surface area contributed by atoms with Crippen LogP contribution < -0.4 is 0 Å². The predicted molar refractivity (Wildman–Crippen MR) is 113 cm³/mol. The molecule has 0 heterocycles. The zero-order valence-electron chi connectivity index (χ0n) is 15.2. The lowest BCUT2D eigenvalue weighted by atomic mass is 9.87. The first-order chi connectivity index (χ1) is 13.9. The zero-order chi connectivity index (χ0) is 20.4. The van der Waals surface area contributed by atoms with E-state index in [2.05, 4.69) is 0 Å². The van der Waals surface area contributed by atoms with E-state index >= 15 is 0 Å². The van der Waals surface area contributed by atoms with Gasteiger partial charge in [-0.2, -0.15) is 13.2 Å². The van der Waals surface area contributed by atoms with Gasteiger partial charge >= 0.3 is 6.18 Å². The summed E-state index contributed by atoms with van der Waals surface area (Å²) in [6, 6.07) is 28.4. The lowest BCUT2D eigenvalue weighted by Gasteiger charge is -2.18. The summed E-state index contributed by atoms with van der Waals surface area (Å²) in [4.78, 5) is 0. The molecule has 0 aromatic heterocycles. The first-order valence-corrected chi connectivity index (χ1v) is 9.43. The van der Waals surface area contributed by atoms with Gasteiger partial charge in [-0.05, 0) is 57.6 Å². The highest BCUT2D eigenvalue weighted by Gasteiger charge is 2.30. The molecule has 0 fully saturated rings. The number of rotatable bonds is 3. The molecule has 0 saturated carbocycles. The van der Waals surface area contributed by atoms with Crippen molar-refractivity contribution < 1.29 is 13.2 Å². The first-order valence-electron chi connectivity index (χ1n) is 9.05. The van der Waals surface area contributed by atoms with Crippen LogP contribution in [-0.2, 0) is 6.18 Å². The second-order valence-corrected chi connectivity index (χ2v) is 7.12. The van der Waals surface area contributed by atoms with Crippen LogP contribution in [0.15, 0.2) is 97.1 Å². The average molecular weight is 409 g/mol. The van der Waals surface area contributed by atoms with E-state index in [0.29, 0.717) is 10.6 Å². The summed E-state index contributed by atoms with van der Waals surface area (Å²) in [6.07, 6.45) is -4.37. The summed E-state index contributed by atoms with van der Waals surface area (Å²) < 4.78 is 39.1. The van der Waals surface area contributed by atoms with Gasteiger partial charge < -0.3 is 0 Å². The van der Waals surface area contributed by atoms with Gasteiger partial charge in [-0.25, -0.2) is 0 Å². The molecule has 0 spiro atoms. The third-order valence-corrected chi connectivity index (χ3v) is 4.99. The maximum absolute atomic E-state index is 13.0. The minimum Gasteiger partial charge on any atom is -0.166 e. The molecule has 4 aromatic rings. The van der Waals surface area contributed by atoms with E-state index in [0.717, 1.165) is 39.9 Å². The van der Waals surface area contributed by atoms with Crippen molar-refractivity contribution in [2.24, 2.45) is 0 Å². The second-order valence-electron chi connectivity index (χ2n) is 6.68. The van der Waals surface area contributed by atoms with E-state index in [1.807, 2.05) is 72.8 Å². The Kier molecular flexibility index (Phi) is 5.16. The van der Waals surface area contributed by atoms with E-state index < -0.39 is 11.7 Å². The van der Waals surface area contributed by atoms with E-state index in [-0.39, 0.29) is 0 Å². The maximum Gasteiger partial charge on any atom is 0.416 e. The van der Waals surface area contributed by atoms with E-state index in [9.17, 15) is 13.2 Å². The Morgan fingerprint density at radius 3 is 1.41 bits per heavy atom. The molecule has 0 unspecified atom stereocenters. The molecule has 0 saturated heterocycles. The maximum atomic E-state index is 13.0. The van der Waals surface area contributed by atoms with Gasteiger partial charge in [0.1, 0.15) is 0 Å². The van der Waals surface area contributed by atoms with Crippen molar-refractivity contribution in [3.63, 3.8) is 0 Å². The Morgan fingerprint density at radius 2 is 1.00 bits per heavy atom. The van der Waals surface area contributed by atoms with Crippen molar-refractivity contribution in [2.45, 2.75) is 6.18 Å². The van der Waals surface area contributed by atoms with Crippen LogP contribution in [0.2, 0.25) is 5.02 Å². The molecule has 0 bridgehead atoms. The Labute approximate surface area is 172 Å². The molecule has 0 aliphatic carbocycles.